The average molecular weight is 354 g/mol. The number of nitrogens with two attached hydrogens (primary N) is 1. The molecule has 94 valence electrons. The van der Waals surface area contributed by atoms with E-state index in [0.29, 0.717) is 11.6 Å². The van der Waals surface area contributed by atoms with Gasteiger partial charge in [0.25, 0.3) is 0 Å². The highest BCUT2D eigenvalue weighted by Crippen LogP contribution is 2.24. The summed E-state index contributed by atoms with van der Waals surface area (Å²) >= 11 is 2.21. The molecule has 0 aliphatic heterocycles. The van der Waals surface area contributed by atoms with Gasteiger partial charge in [-0.15, -0.1) is 0 Å². The van der Waals surface area contributed by atoms with Crippen molar-refractivity contribution in [2.24, 2.45) is 0 Å². The minimum absolute atomic E-state index is 0.548. The molecule has 18 heavy (non-hydrogen) atoms. The van der Waals surface area contributed by atoms with Crippen molar-refractivity contribution in [3.63, 3.8) is 0 Å². The van der Waals surface area contributed by atoms with Crippen molar-refractivity contribution in [3.8, 4) is 11.4 Å². The number of hydrogen-bond acceptors (Lipinski definition) is 4. The molecule has 0 radical (unpaired) electrons. The van der Waals surface area contributed by atoms with Crippen LogP contribution in [0.4, 0.5) is 5.82 Å². The summed E-state index contributed by atoms with van der Waals surface area (Å²) in [6.07, 6.45) is 5.50. The molecule has 2 aromatic heterocycles. The fourth-order valence-corrected chi connectivity index (χ4v) is 2.24. The van der Waals surface area contributed by atoms with Crippen molar-refractivity contribution < 1.29 is 0 Å². The van der Waals surface area contributed by atoms with Gasteiger partial charge in [-0.25, -0.2) is 9.97 Å². The first-order valence-corrected chi connectivity index (χ1v) is 6.94. The van der Waals surface area contributed by atoms with Crippen LogP contribution in [0.5, 0.6) is 0 Å². The van der Waals surface area contributed by atoms with E-state index in [2.05, 4.69) is 44.5 Å². The van der Waals surface area contributed by atoms with Crippen LogP contribution in [0, 0.1) is 10.5 Å². The lowest BCUT2D eigenvalue weighted by atomic mass is 10.1. The van der Waals surface area contributed by atoms with Crippen molar-refractivity contribution in [3.05, 3.63) is 33.3 Å². The molecule has 0 amide bonds. The molecule has 0 aliphatic rings. The summed E-state index contributed by atoms with van der Waals surface area (Å²) in [6.45, 7) is 4.15. The third-order valence-corrected chi connectivity index (χ3v) is 3.89. The molecule has 0 unspecified atom stereocenters. The van der Waals surface area contributed by atoms with E-state index in [4.69, 9.17) is 5.73 Å². The van der Waals surface area contributed by atoms with Crippen molar-refractivity contribution in [2.75, 3.05) is 5.73 Å². The highest BCUT2D eigenvalue weighted by atomic mass is 127. The van der Waals surface area contributed by atoms with Crippen LogP contribution in [0.3, 0.4) is 0 Å². The molecule has 0 saturated carbocycles. The van der Waals surface area contributed by atoms with E-state index in [9.17, 15) is 0 Å². The Hall–Kier alpha value is -1.24. The zero-order valence-corrected chi connectivity index (χ0v) is 12.6. The minimum Gasteiger partial charge on any atom is -0.383 e. The van der Waals surface area contributed by atoms with Gasteiger partial charge in [-0.2, -0.15) is 0 Å². The summed E-state index contributed by atoms with van der Waals surface area (Å²) in [5.41, 5.74) is 9.02. The summed E-state index contributed by atoms with van der Waals surface area (Å²) in [5, 5.41) is 0. The molecule has 4 nitrogen and oxygen atoms in total. The van der Waals surface area contributed by atoms with Crippen LogP contribution in [-0.2, 0) is 6.42 Å². The molecular formula is C13H15IN4. The van der Waals surface area contributed by atoms with Crippen LogP contribution in [-0.4, -0.2) is 15.0 Å². The first-order valence-electron chi connectivity index (χ1n) is 5.86. The van der Waals surface area contributed by atoms with Crippen molar-refractivity contribution in [1.29, 1.82) is 0 Å². The summed E-state index contributed by atoms with van der Waals surface area (Å²) < 4.78 is 0.958. The van der Waals surface area contributed by atoms with Crippen LogP contribution >= 0.6 is 22.6 Å². The number of pyridine rings is 1. The Balaban J connectivity index is 2.56. The van der Waals surface area contributed by atoms with E-state index in [1.807, 2.05) is 13.0 Å². The number of aryl methyl sites for hydroxylation is 2. The lowest BCUT2D eigenvalue weighted by Gasteiger charge is -2.09. The molecule has 0 aliphatic carbocycles. The smallest absolute Gasteiger partial charge is 0.163 e. The highest BCUT2D eigenvalue weighted by molar-refractivity contribution is 14.1. The molecule has 0 bridgehead atoms. The number of aromatic nitrogens is 3. The normalized spacial score (nSPS) is 10.6. The number of halogens is 1. The van der Waals surface area contributed by atoms with E-state index in [-0.39, 0.29) is 0 Å². The number of nitrogen functional groups attached to an aromatic ring is 1. The second kappa shape index (κ2) is 5.60. The summed E-state index contributed by atoms with van der Waals surface area (Å²) in [7, 11) is 0. The summed E-state index contributed by atoms with van der Waals surface area (Å²) in [6, 6.07) is 1.95. The fraction of sp³-hybridized carbons (Fsp3) is 0.308. The van der Waals surface area contributed by atoms with Crippen LogP contribution in [0.25, 0.3) is 11.4 Å². The van der Waals surface area contributed by atoms with Gasteiger partial charge in [0, 0.05) is 18.0 Å². The first-order chi connectivity index (χ1) is 8.63. The molecular weight excluding hydrogens is 339 g/mol. The quantitative estimate of drug-likeness (QED) is 0.861. The van der Waals surface area contributed by atoms with E-state index < -0.39 is 0 Å². The standard InChI is InChI=1S/C13H15IN4/c1-3-4-10-11(14)12(15)18-13(17-10)9-7-16-6-5-8(9)2/h5-7H,3-4H2,1-2H3,(H2,15,17,18). The molecule has 0 aromatic carbocycles. The fourth-order valence-electron chi connectivity index (χ4n) is 1.73. The molecule has 0 atom stereocenters. The minimum atomic E-state index is 0.548. The van der Waals surface area contributed by atoms with Gasteiger partial charge in [-0.3, -0.25) is 4.98 Å². The summed E-state index contributed by atoms with van der Waals surface area (Å²) in [5.74, 6) is 1.22. The molecule has 2 N–H and O–H groups in total. The Labute approximate surface area is 120 Å². The maximum atomic E-state index is 5.96. The van der Waals surface area contributed by atoms with Gasteiger partial charge in [0.05, 0.1) is 9.26 Å². The van der Waals surface area contributed by atoms with Crippen molar-refractivity contribution in [2.45, 2.75) is 26.7 Å². The van der Waals surface area contributed by atoms with E-state index in [1.54, 1.807) is 12.4 Å². The Morgan fingerprint density at radius 2 is 2.11 bits per heavy atom. The third kappa shape index (κ3) is 2.60. The van der Waals surface area contributed by atoms with Crippen molar-refractivity contribution in [1.82, 2.24) is 15.0 Å². The zero-order chi connectivity index (χ0) is 13.1. The predicted octanol–water partition coefficient (Wildman–Crippen LogP) is 2.99. The number of hydrogen-bond donors (Lipinski definition) is 1. The van der Waals surface area contributed by atoms with E-state index >= 15 is 0 Å². The van der Waals surface area contributed by atoms with Crippen LogP contribution in [0.2, 0.25) is 0 Å². The van der Waals surface area contributed by atoms with Gasteiger partial charge in [-0.1, -0.05) is 13.3 Å². The number of nitrogens with zero attached hydrogens (tertiary/aromatic N) is 3. The van der Waals surface area contributed by atoms with Crippen LogP contribution in [0.1, 0.15) is 24.6 Å². The second-order valence-corrected chi connectivity index (χ2v) is 5.21. The highest BCUT2D eigenvalue weighted by Gasteiger charge is 2.12. The van der Waals surface area contributed by atoms with Gasteiger partial charge in [0.2, 0.25) is 0 Å². The Bertz CT molecular complexity index is 569. The van der Waals surface area contributed by atoms with Gasteiger partial charge < -0.3 is 5.73 Å². The van der Waals surface area contributed by atoms with E-state index in [0.717, 1.165) is 33.2 Å². The number of rotatable bonds is 3. The van der Waals surface area contributed by atoms with Gasteiger partial charge in [0.15, 0.2) is 5.82 Å². The lowest BCUT2D eigenvalue weighted by molar-refractivity contribution is 0.868. The van der Waals surface area contributed by atoms with Gasteiger partial charge >= 0.3 is 0 Å². The lowest BCUT2D eigenvalue weighted by Crippen LogP contribution is -2.05. The predicted molar refractivity (Wildman–Crippen MR) is 81.1 cm³/mol. The molecule has 0 fully saturated rings. The van der Waals surface area contributed by atoms with E-state index in [1.165, 1.54) is 0 Å². The second-order valence-electron chi connectivity index (χ2n) is 4.13. The zero-order valence-electron chi connectivity index (χ0n) is 10.4. The molecule has 0 spiro atoms. The van der Waals surface area contributed by atoms with Gasteiger partial charge in [-0.05, 0) is 47.6 Å². The molecule has 2 heterocycles. The average Bonchev–Trinajstić information content (AvgIpc) is 2.35. The maximum Gasteiger partial charge on any atom is 0.163 e. The Morgan fingerprint density at radius 3 is 2.78 bits per heavy atom. The molecule has 0 saturated heterocycles. The Kier molecular flexibility index (Phi) is 4.11. The first kappa shape index (κ1) is 13.2. The van der Waals surface area contributed by atoms with Crippen LogP contribution < -0.4 is 5.73 Å². The largest absolute Gasteiger partial charge is 0.383 e. The molecule has 5 heteroatoms. The SMILES string of the molecule is CCCc1nc(-c2cnccc2C)nc(N)c1I. The maximum absolute atomic E-state index is 5.96. The van der Waals surface area contributed by atoms with Gasteiger partial charge in [0.1, 0.15) is 5.82 Å². The Morgan fingerprint density at radius 1 is 1.33 bits per heavy atom. The summed E-state index contributed by atoms with van der Waals surface area (Å²) in [4.78, 5) is 13.1. The molecule has 2 aromatic rings. The molecule has 2 rings (SSSR count). The number of anilines is 1. The monoisotopic (exact) mass is 354 g/mol. The van der Waals surface area contributed by atoms with Crippen molar-refractivity contribution >= 4 is 28.4 Å². The topological polar surface area (TPSA) is 64.7 Å². The van der Waals surface area contributed by atoms with Crippen LogP contribution in [0.15, 0.2) is 18.5 Å². The third-order valence-electron chi connectivity index (χ3n) is 2.71.